The average molecular weight is 307 g/mol. The zero-order valence-electron chi connectivity index (χ0n) is 11.1. The molecular weight excluding hydrogens is 295 g/mol. The average Bonchev–Trinajstić information content (AvgIpc) is 2.95. The van der Waals surface area contributed by atoms with Crippen LogP contribution in [0, 0.1) is 5.82 Å². The van der Waals surface area contributed by atoms with Crippen LogP contribution in [0.3, 0.4) is 0 Å². The first-order valence-corrected chi connectivity index (χ1v) is 6.88. The number of rotatable bonds is 4. The smallest absolute Gasteiger partial charge is 0.231 e. The van der Waals surface area contributed by atoms with E-state index >= 15 is 0 Å². The summed E-state index contributed by atoms with van der Waals surface area (Å²) < 4.78 is 23.5. The van der Waals surface area contributed by atoms with Crippen LogP contribution in [0.2, 0.25) is 5.02 Å². The number of hydrogen-bond acceptors (Lipinski definition) is 3. The van der Waals surface area contributed by atoms with Gasteiger partial charge in [0.15, 0.2) is 17.3 Å². The van der Waals surface area contributed by atoms with E-state index in [-0.39, 0.29) is 17.6 Å². The number of fused-ring (bicyclic) bond motifs is 1. The molecule has 2 aromatic rings. The molecule has 0 amide bonds. The van der Waals surface area contributed by atoms with Gasteiger partial charge in [-0.15, -0.1) is 0 Å². The molecule has 0 unspecified atom stereocenters. The summed E-state index contributed by atoms with van der Waals surface area (Å²) in [5.41, 5.74) is 1.41. The van der Waals surface area contributed by atoms with Gasteiger partial charge in [-0.05, 0) is 42.3 Å². The largest absolute Gasteiger partial charge is 0.454 e. The third kappa shape index (κ3) is 3.00. The van der Waals surface area contributed by atoms with Gasteiger partial charge < -0.3 is 9.47 Å². The Labute approximate surface area is 126 Å². The molecule has 0 saturated carbocycles. The molecule has 0 N–H and O–H groups in total. The van der Waals surface area contributed by atoms with Crippen LogP contribution < -0.4 is 9.47 Å². The van der Waals surface area contributed by atoms with Crippen molar-refractivity contribution in [1.82, 2.24) is 0 Å². The lowest BCUT2D eigenvalue weighted by Gasteiger charge is -2.04. The molecule has 0 bridgehead atoms. The van der Waals surface area contributed by atoms with Crippen molar-refractivity contribution in [2.45, 2.75) is 12.8 Å². The van der Waals surface area contributed by atoms with Crippen LogP contribution in [-0.2, 0) is 6.42 Å². The maximum absolute atomic E-state index is 13.1. The van der Waals surface area contributed by atoms with E-state index in [1.165, 1.54) is 6.07 Å². The van der Waals surface area contributed by atoms with Gasteiger partial charge in [-0.25, -0.2) is 4.39 Å². The SMILES string of the molecule is O=C(CCc1ccc(F)c(Cl)c1)c1ccc2c(c1)OCO2. The highest BCUT2D eigenvalue weighted by atomic mass is 35.5. The second-order valence-corrected chi connectivity index (χ2v) is 5.15. The second kappa shape index (κ2) is 5.74. The third-order valence-corrected chi connectivity index (χ3v) is 3.61. The molecule has 1 aliphatic heterocycles. The van der Waals surface area contributed by atoms with E-state index in [9.17, 15) is 9.18 Å². The van der Waals surface area contributed by atoms with Gasteiger partial charge in [-0.1, -0.05) is 17.7 Å². The van der Waals surface area contributed by atoms with Crippen molar-refractivity contribution in [3.63, 3.8) is 0 Å². The molecule has 0 radical (unpaired) electrons. The fourth-order valence-corrected chi connectivity index (χ4v) is 2.37. The van der Waals surface area contributed by atoms with E-state index in [0.717, 1.165) is 5.56 Å². The lowest BCUT2D eigenvalue weighted by atomic mass is 10.0. The van der Waals surface area contributed by atoms with Crippen molar-refractivity contribution >= 4 is 17.4 Å². The van der Waals surface area contributed by atoms with Crippen LogP contribution >= 0.6 is 11.6 Å². The summed E-state index contributed by atoms with van der Waals surface area (Å²) in [6.07, 6.45) is 0.828. The topological polar surface area (TPSA) is 35.5 Å². The maximum atomic E-state index is 13.1. The van der Waals surface area contributed by atoms with E-state index < -0.39 is 5.82 Å². The number of carbonyl (C=O) groups is 1. The summed E-state index contributed by atoms with van der Waals surface area (Å²) >= 11 is 5.72. The van der Waals surface area contributed by atoms with Crippen LogP contribution in [0.5, 0.6) is 11.5 Å². The van der Waals surface area contributed by atoms with E-state index in [1.807, 2.05) is 0 Å². The molecule has 0 spiro atoms. The predicted octanol–water partition coefficient (Wildman–Crippen LogP) is 4.02. The summed E-state index contributed by atoms with van der Waals surface area (Å²) in [5.74, 6) is 0.777. The highest BCUT2D eigenvalue weighted by Crippen LogP contribution is 2.32. The standard InChI is InChI=1S/C16H12ClFO3/c17-12-7-10(1-4-13(12)18)2-5-14(19)11-3-6-15-16(8-11)21-9-20-15/h1,3-4,6-8H,2,5,9H2. The first-order chi connectivity index (χ1) is 10.1. The number of ether oxygens (including phenoxy) is 2. The molecular formula is C16H12ClFO3. The van der Waals surface area contributed by atoms with Crippen LogP contribution in [-0.4, -0.2) is 12.6 Å². The number of carbonyl (C=O) groups excluding carboxylic acids is 1. The molecule has 2 aromatic carbocycles. The van der Waals surface area contributed by atoms with Gasteiger partial charge in [0.1, 0.15) is 5.82 Å². The number of benzene rings is 2. The minimum Gasteiger partial charge on any atom is -0.454 e. The van der Waals surface area contributed by atoms with Gasteiger partial charge in [0.25, 0.3) is 0 Å². The fourth-order valence-electron chi connectivity index (χ4n) is 2.17. The molecule has 1 heterocycles. The third-order valence-electron chi connectivity index (χ3n) is 3.32. The van der Waals surface area contributed by atoms with Crippen molar-refractivity contribution in [3.05, 3.63) is 58.4 Å². The van der Waals surface area contributed by atoms with Gasteiger partial charge in [-0.3, -0.25) is 4.79 Å². The Kier molecular flexibility index (Phi) is 3.80. The lowest BCUT2D eigenvalue weighted by Crippen LogP contribution is -2.01. The zero-order valence-corrected chi connectivity index (χ0v) is 11.8. The van der Waals surface area contributed by atoms with Crippen molar-refractivity contribution in [1.29, 1.82) is 0 Å². The van der Waals surface area contributed by atoms with E-state index in [0.29, 0.717) is 29.9 Å². The van der Waals surface area contributed by atoms with Crippen molar-refractivity contribution in [3.8, 4) is 11.5 Å². The second-order valence-electron chi connectivity index (χ2n) is 4.74. The number of ketones is 1. The van der Waals surface area contributed by atoms with Crippen LogP contribution in [0.15, 0.2) is 36.4 Å². The van der Waals surface area contributed by atoms with Crippen molar-refractivity contribution in [2.75, 3.05) is 6.79 Å². The molecule has 3 rings (SSSR count). The Bertz CT molecular complexity index is 700. The summed E-state index contributed by atoms with van der Waals surface area (Å²) in [6.45, 7) is 0.182. The normalized spacial score (nSPS) is 12.5. The molecule has 1 aliphatic rings. The minimum absolute atomic E-state index is 0.00579. The Balaban J connectivity index is 1.67. The summed E-state index contributed by atoms with van der Waals surface area (Å²) in [5, 5.41) is 0.0722. The maximum Gasteiger partial charge on any atom is 0.231 e. The van der Waals surface area contributed by atoms with E-state index in [4.69, 9.17) is 21.1 Å². The zero-order chi connectivity index (χ0) is 14.8. The Morgan fingerprint density at radius 1 is 1.14 bits per heavy atom. The molecule has 108 valence electrons. The molecule has 0 atom stereocenters. The molecule has 0 aliphatic carbocycles. The summed E-state index contributed by atoms with van der Waals surface area (Å²) in [7, 11) is 0. The summed E-state index contributed by atoms with van der Waals surface area (Å²) in [4.78, 5) is 12.2. The van der Waals surface area contributed by atoms with Crippen molar-refractivity contribution < 1.29 is 18.7 Å². The van der Waals surface area contributed by atoms with Gasteiger partial charge in [0.2, 0.25) is 6.79 Å². The molecule has 0 saturated heterocycles. The van der Waals surface area contributed by atoms with E-state index in [2.05, 4.69) is 0 Å². The number of halogens is 2. The quantitative estimate of drug-likeness (QED) is 0.800. The molecule has 0 fully saturated rings. The first kappa shape index (κ1) is 13.9. The highest BCUT2D eigenvalue weighted by Gasteiger charge is 2.16. The Morgan fingerprint density at radius 2 is 1.95 bits per heavy atom. The molecule has 3 nitrogen and oxygen atoms in total. The molecule has 0 aromatic heterocycles. The fraction of sp³-hybridized carbons (Fsp3) is 0.188. The van der Waals surface area contributed by atoms with Gasteiger partial charge in [0.05, 0.1) is 5.02 Å². The predicted molar refractivity (Wildman–Crippen MR) is 76.6 cm³/mol. The Hall–Kier alpha value is -2.07. The van der Waals surface area contributed by atoms with Crippen LogP contribution in [0.4, 0.5) is 4.39 Å². The minimum atomic E-state index is -0.456. The number of Topliss-reactive ketones (excluding diaryl/α,β-unsaturated/α-hetero) is 1. The lowest BCUT2D eigenvalue weighted by molar-refractivity contribution is 0.0982. The van der Waals surface area contributed by atoms with E-state index in [1.54, 1.807) is 30.3 Å². The van der Waals surface area contributed by atoms with Gasteiger partial charge in [-0.2, -0.15) is 0 Å². The van der Waals surface area contributed by atoms with Gasteiger partial charge in [0, 0.05) is 12.0 Å². The van der Waals surface area contributed by atoms with Crippen LogP contribution in [0.1, 0.15) is 22.3 Å². The number of aryl methyl sites for hydroxylation is 1. The van der Waals surface area contributed by atoms with Gasteiger partial charge >= 0.3 is 0 Å². The molecule has 21 heavy (non-hydrogen) atoms. The highest BCUT2D eigenvalue weighted by molar-refractivity contribution is 6.30. The van der Waals surface area contributed by atoms with Crippen LogP contribution in [0.25, 0.3) is 0 Å². The Morgan fingerprint density at radius 3 is 2.76 bits per heavy atom. The monoisotopic (exact) mass is 306 g/mol. The van der Waals surface area contributed by atoms with Crippen molar-refractivity contribution in [2.24, 2.45) is 0 Å². The first-order valence-electron chi connectivity index (χ1n) is 6.50. The number of hydrogen-bond donors (Lipinski definition) is 0. The summed E-state index contributed by atoms with van der Waals surface area (Å²) in [6, 6.07) is 9.61. The molecule has 5 heteroatoms.